The van der Waals surface area contributed by atoms with E-state index >= 15 is 0 Å². The molecule has 4 aromatic rings. The van der Waals surface area contributed by atoms with Crippen molar-refractivity contribution in [3.63, 3.8) is 0 Å². The molecule has 0 aliphatic heterocycles. The molecule has 4 aromatic carbocycles. The summed E-state index contributed by atoms with van der Waals surface area (Å²) in [6.45, 7) is 2.37. The van der Waals surface area contributed by atoms with Gasteiger partial charge in [-0.05, 0) is 0 Å². The fourth-order valence-electron chi connectivity index (χ4n) is 7.35. The first-order valence-electron chi connectivity index (χ1n) is 14.8. The molecular formula is C37H40HfO2Si. The predicted molar refractivity (Wildman–Crippen MR) is 174 cm³/mol. The molecule has 0 amide bonds. The van der Waals surface area contributed by atoms with Crippen LogP contribution >= 0.6 is 0 Å². The van der Waals surface area contributed by atoms with E-state index in [2.05, 4.69) is 126 Å². The molecule has 41 heavy (non-hydrogen) atoms. The van der Waals surface area contributed by atoms with Gasteiger partial charge in [-0.1, -0.05) is 0 Å². The number of hydrogen-bond donors (Lipinski definition) is 0. The van der Waals surface area contributed by atoms with Gasteiger partial charge in [0.05, 0.1) is 0 Å². The second kappa shape index (κ2) is 11.0. The monoisotopic (exact) mass is 724 g/mol. The van der Waals surface area contributed by atoms with Crippen LogP contribution in [0.2, 0.25) is 15.4 Å². The molecule has 0 bridgehead atoms. The second-order valence-electron chi connectivity index (χ2n) is 12.5. The van der Waals surface area contributed by atoms with E-state index in [-0.39, 0.29) is 0 Å². The van der Waals surface area contributed by atoms with Crippen LogP contribution in [0.4, 0.5) is 0 Å². The van der Waals surface area contributed by atoms with Gasteiger partial charge >= 0.3 is 248 Å². The van der Waals surface area contributed by atoms with Crippen LogP contribution in [-0.4, -0.2) is 20.4 Å². The van der Waals surface area contributed by atoms with E-state index in [4.69, 9.17) is 9.47 Å². The van der Waals surface area contributed by atoms with Crippen LogP contribution in [0.25, 0.3) is 34.4 Å². The zero-order chi connectivity index (χ0) is 28.6. The van der Waals surface area contributed by atoms with Crippen LogP contribution in [0.3, 0.4) is 0 Å². The summed E-state index contributed by atoms with van der Waals surface area (Å²) in [5.41, 5.74) is 11.1. The molecule has 0 radical (unpaired) electrons. The Labute approximate surface area is 247 Å². The Morgan fingerprint density at radius 1 is 0.634 bits per heavy atom. The molecule has 0 saturated heterocycles. The first-order valence-corrected chi connectivity index (χ1v) is 33.8. The average Bonchev–Trinajstić information content (AvgIpc) is 3.67. The normalized spacial score (nSPS) is 17.3. The van der Waals surface area contributed by atoms with E-state index in [1.807, 2.05) is 0 Å². The van der Waals surface area contributed by atoms with Crippen LogP contribution in [0.15, 0.2) is 97.1 Å². The molecule has 0 fully saturated rings. The van der Waals surface area contributed by atoms with Crippen molar-refractivity contribution in [1.82, 2.24) is 0 Å². The second-order valence-corrected chi connectivity index (χ2v) is 56.9. The van der Waals surface area contributed by atoms with Gasteiger partial charge in [-0.25, -0.2) is 0 Å². The van der Waals surface area contributed by atoms with E-state index in [0.717, 1.165) is 11.5 Å². The van der Waals surface area contributed by atoms with Crippen molar-refractivity contribution in [2.24, 2.45) is 0 Å². The Bertz CT molecular complexity index is 1600. The Morgan fingerprint density at radius 3 is 1.46 bits per heavy atom. The van der Waals surface area contributed by atoms with E-state index in [9.17, 15) is 0 Å². The number of methoxy groups -OCH3 is 2. The number of rotatable bonds is 8. The summed E-state index contributed by atoms with van der Waals surface area (Å²) in [4.78, 5) is 0. The Hall–Kier alpha value is -2.95. The first kappa shape index (κ1) is 28.2. The third-order valence-corrected chi connectivity index (χ3v) is 52.4. The number of fused-ring (bicyclic) bond motifs is 2. The zero-order valence-corrected chi connectivity index (χ0v) is 29.6. The van der Waals surface area contributed by atoms with Gasteiger partial charge in [-0.15, -0.1) is 0 Å². The first-order chi connectivity index (χ1) is 19.9. The van der Waals surface area contributed by atoms with Crippen LogP contribution in [0.5, 0.6) is 11.5 Å². The quantitative estimate of drug-likeness (QED) is 0.169. The van der Waals surface area contributed by atoms with Crippen LogP contribution in [-0.2, 0) is 17.1 Å². The summed E-state index contributed by atoms with van der Waals surface area (Å²) in [7, 11) is 3.46. The molecule has 0 aromatic heterocycles. The van der Waals surface area contributed by atoms with Crippen molar-refractivity contribution in [3.05, 3.63) is 119 Å². The molecule has 2 unspecified atom stereocenters. The molecule has 4 heteroatoms. The van der Waals surface area contributed by atoms with Crippen molar-refractivity contribution in [2.45, 2.75) is 36.1 Å². The van der Waals surface area contributed by atoms with Gasteiger partial charge in [0.1, 0.15) is 0 Å². The maximum atomic E-state index is 5.43. The zero-order valence-electron chi connectivity index (χ0n) is 24.9. The number of ether oxygens (including phenoxy) is 2. The summed E-state index contributed by atoms with van der Waals surface area (Å²) < 4.78 is 17.6. The Morgan fingerprint density at radius 2 is 1.07 bits per heavy atom. The van der Waals surface area contributed by atoms with Crippen molar-refractivity contribution < 1.29 is 26.6 Å². The summed E-state index contributed by atoms with van der Waals surface area (Å²) in [6.07, 6.45) is 11.7. The molecule has 208 valence electrons. The third-order valence-electron chi connectivity index (χ3n) is 9.70. The molecule has 0 N–H and O–H groups in total. The van der Waals surface area contributed by atoms with Gasteiger partial charge in [0.15, 0.2) is 0 Å². The summed E-state index contributed by atoms with van der Waals surface area (Å²) in [5.74, 6) is 1.80. The van der Waals surface area contributed by atoms with Crippen molar-refractivity contribution in [3.8, 4) is 33.8 Å². The van der Waals surface area contributed by atoms with Crippen molar-refractivity contribution in [1.29, 1.82) is 0 Å². The van der Waals surface area contributed by atoms with E-state index in [1.54, 1.807) is 25.3 Å². The van der Waals surface area contributed by atoms with Crippen molar-refractivity contribution in [2.75, 3.05) is 14.2 Å². The molecule has 2 nitrogen and oxygen atoms in total. The minimum atomic E-state index is -3.67. The van der Waals surface area contributed by atoms with E-state index in [1.165, 1.54) is 45.8 Å². The van der Waals surface area contributed by atoms with Crippen LogP contribution in [0, 0.1) is 0 Å². The molecular weight excluding hydrogens is 683 g/mol. The molecule has 2 aliphatic rings. The summed E-state index contributed by atoms with van der Waals surface area (Å²) in [5, 5.41) is 0. The molecule has 0 spiro atoms. The fourth-order valence-corrected chi connectivity index (χ4v) is 47.5. The van der Waals surface area contributed by atoms with E-state index in [0.29, 0.717) is 13.6 Å². The minimum absolute atomic E-state index is 0.370. The maximum absolute atomic E-state index is 5.43. The third kappa shape index (κ3) is 4.83. The molecule has 0 saturated carbocycles. The van der Waals surface area contributed by atoms with Gasteiger partial charge in [0.2, 0.25) is 0 Å². The Kier molecular flexibility index (Phi) is 7.58. The standard InChI is InChI=1S/2C16H13O.C3H8Si.2CH3.Hf/c2*1-17-14-10-8-13(9-11-14)16-7-3-5-12-4-2-6-15(12)16;1-2-3-4;;;/h2*2-11H,1H3;4H,2-3H2,1H3;2*1H3;. The predicted octanol–water partition coefficient (Wildman–Crippen LogP) is 9.84. The Balaban J connectivity index is 1.46. The van der Waals surface area contributed by atoms with Gasteiger partial charge in [0, 0.05) is 0 Å². The van der Waals surface area contributed by atoms with Crippen molar-refractivity contribution >= 4 is 18.4 Å². The number of allylic oxidation sites excluding steroid dienone is 2. The van der Waals surface area contributed by atoms with Gasteiger partial charge in [0.25, 0.3) is 0 Å². The summed E-state index contributed by atoms with van der Waals surface area (Å²) >= 11 is -3.67. The topological polar surface area (TPSA) is 18.5 Å². The molecule has 0 heterocycles. The van der Waals surface area contributed by atoms with Gasteiger partial charge in [-0.3, -0.25) is 0 Å². The average molecular weight is 723 g/mol. The molecule has 2 aliphatic carbocycles. The summed E-state index contributed by atoms with van der Waals surface area (Å²) in [6, 6.07) is 32.4. The fraction of sp³-hybridized carbons (Fsp3) is 0.243. The molecule has 2 atom stereocenters. The van der Waals surface area contributed by atoms with Gasteiger partial charge < -0.3 is 0 Å². The van der Waals surface area contributed by atoms with Gasteiger partial charge in [-0.2, -0.15) is 0 Å². The van der Waals surface area contributed by atoms with Crippen LogP contribution in [0.1, 0.15) is 42.9 Å². The SMILES string of the molecule is CCC[SiH]=[Hf]([CH3])([CH3])([CH]1C=Cc2c(-c3ccc(OC)cc3)cccc21)[CH]1C=Cc2c(-c3ccc(OC)cc3)cccc21. The van der Waals surface area contributed by atoms with Crippen LogP contribution < -0.4 is 9.47 Å². The molecule has 6 rings (SSSR count). The number of hydrogen-bond acceptors (Lipinski definition) is 2. The number of benzene rings is 4. The van der Waals surface area contributed by atoms with E-state index < -0.39 is 17.1 Å².